The van der Waals surface area contributed by atoms with E-state index in [2.05, 4.69) is 86.9 Å². The van der Waals surface area contributed by atoms with Gasteiger partial charge in [0.2, 0.25) is 0 Å². The second kappa shape index (κ2) is 13.1. The molecule has 0 bridgehead atoms. The van der Waals surface area contributed by atoms with Crippen molar-refractivity contribution < 1.29 is 9.47 Å². The Morgan fingerprint density at radius 2 is 1.46 bits per heavy atom. The van der Waals surface area contributed by atoms with Gasteiger partial charge >= 0.3 is 0 Å². The molecule has 1 aliphatic heterocycles. The maximum absolute atomic E-state index is 5.86. The summed E-state index contributed by atoms with van der Waals surface area (Å²) in [6.45, 7) is 8.99. The third-order valence-corrected chi connectivity index (χ3v) is 6.92. The molecule has 0 spiro atoms. The molecule has 0 amide bonds. The van der Waals surface area contributed by atoms with Crippen LogP contribution in [0.15, 0.2) is 91.1 Å². The van der Waals surface area contributed by atoms with Crippen molar-refractivity contribution in [2.24, 2.45) is 0 Å². The molecule has 7 nitrogen and oxygen atoms in total. The Hall–Kier alpha value is -3.52. The summed E-state index contributed by atoms with van der Waals surface area (Å²) in [6, 6.07) is 27.0. The minimum Gasteiger partial charge on any atom is -0.496 e. The van der Waals surface area contributed by atoms with Gasteiger partial charge in [-0.05, 0) is 36.2 Å². The number of hydrogen-bond donors (Lipinski definition) is 2. The highest BCUT2D eigenvalue weighted by molar-refractivity contribution is 5.50. The van der Waals surface area contributed by atoms with E-state index in [1.807, 2.05) is 31.3 Å². The van der Waals surface area contributed by atoms with Gasteiger partial charge in [0.15, 0.2) is 0 Å². The molecule has 1 fully saturated rings. The Labute approximate surface area is 221 Å². The summed E-state index contributed by atoms with van der Waals surface area (Å²) in [7, 11) is 5.30. The van der Waals surface area contributed by atoms with E-state index in [1.54, 1.807) is 14.2 Å². The summed E-state index contributed by atoms with van der Waals surface area (Å²) >= 11 is 0. The van der Waals surface area contributed by atoms with Gasteiger partial charge in [-0.2, -0.15) is 5.53 Å². The quantitative estimate of drug-likeness (QED) is 0.360. The molecule has 0 aromatic heterocycles. The number of methoxy groups -OCH3 is 2. The van der Waals surface area contributed by atoms with E-state index in [0.29, 0.717) is 0 Å². The van der Waals surface area contributed by atoms with Crippen LogP contribution in [-0.4, -0.2) is 63.9 Å². The van der Waals surface area contributed by atoms with Crippen LogP contribution in [0.25, 0.3) is 0 Å². The number of para-hydroxylation sites is 1. The highest BCUT2D eigenvalue weighted by atomic mass is 16.5. The monoisotopic (exact) mass is 501 g/mol. The fourth-order valence-electron chi connectivity index (χ4n) is 5.03. The predicted molar refractivity (Wildman–Crippen MR) is 151 cm³/mol. The van der Waals surface area contributed by atoms with Crippen LogP contribution in [0.1, 0.15) is 17.2 Å². The summed E-state index contributed by atoms with van der Waals surface area (Å²) in [4.78, 5) is 4.92. The van der Waals surface area contributed by atoms with Crippen molar-refractivity contribution in [1.82, 2.24) is 20.9 Å². The molecule has 0 aliphatic carbocycles. The van der Waals surface area contributed by atoms with Crippen molar-refractivity contribution >= 4 is 5.69 Å². The number of benzene rings is 3. The molecule has 0 radical (unpaired) electrons. The molecule has 1 aliphatic rings. The van der Waals surface area contributed by atoms with Crippen molar-refractivity contribution in [2.45, 2.75) is 12.5 Å². The number of anilines is 1. The first-order chi connectivity index (χ1) is 18.2. The first kappa shape index (κ1) is 26.5. The third kappa shape index (κ3) is 6.43. The maximum atomic E-state index is 5.86. The van der Waals surface area contributed by atoms with E-state index in [-0.39, 0.29) is 6.04 Å². The lowest BCUT2D eigenvalue weighted by atomic mass is 9.98. The highest BCUT2D eigenvalue weighted by Gasteiger charge is 2.34. The van der Waals surface area contributed by atoms with Crippen LogP contribution in [0.3, 0.4) is 0 Å². The van der Waals surface area contributed by atoms with E-state index in [4.69, 9.17) is 9.47 Å². The number of hydrogen-bond acceptors (Lipinski definition) is 7. The van der Waals surface area contributed by atoms with E-state index in [1.165, 1.54) is 11.3 Å². The normalized spacial score (nSPS) is 14.7. The van der Waals surface area contributed by atoms with E-state index < -0.39 is 0 Å². The molecule has 37 heavy (non-hydrogen) atoms. The molecule has 3 aromatic carbocycles. The predicted octanol–water partition coefficient (Wildman–Crippen LogP) is 4.26. The molecule has 196 valence electrons. The van der Waals surface area contributed by atoms with E-state index >= 15 is 0 Å². The first-order valence-corrected chi connectivity index (χ1v) is 12.8. The zero-order chi connectivity index (χ0) is 26.0. The topological polar surface area (TPSA) is 52.2 Å². The van der Waals surface area contributed by atoms with Gasteiger partial charge in [-0.15, -0.1) is 0 Å². The Bertz CT molecular complexity index is 1100. The van der Waals surface area contributed by atoms with Gasteiger partial charge in [-0.3, -0.25) is 9.91 Å². The molecule has 1 atom stereocenters. The Kier molecular flexibility index (Phi) is 9.43. The van der Waals surface area contributed by atoms with Gasteiger partial charge in [0.1, 0.15) is 11.5 Å². The molecular weight excluding hydrogens is 462 g/mol. The van der Waals surface area contributed by atoms with Gasteiger partial charge in [-0.25, -0.2) is 5.43 Å². The van der Waals surface area contributed by atoms with Crippen LogP contribution in [-0.2, 0) is 6.42 Å². The molecule has 3 aromatic rings. The molecule has 7 heteroatoms. The summed E-state index contributed by atoms with van der Waals surface area (Å²) in [5.41, 5.74) is 10.9. The van der Waals surface area contributed by atoms with Gasteiger partial charge in [0.25, 0.3) is 0 Å². The number of rotatable bonds is 12. The maximum Gasteiger partial charge on any atom is 0.127 e. The van der Waals surface area contributed by atoms with Crippen LogP contribution in [0.2, 0.25) is 0 Å². The molecule has 1 unspecified atom stereocenters. The van der Waals surface area contributed by atoms with Crippen LogP contribution < -0.4 is 25.3 Å². The van der Waals surface area contributed by atoms with Crippen molar-refractivity contribution in [3.8, 4) is 11.5 Å². The van der Waals surface area contributed by atoms with E-state index in [0.717, 1.165) is 61.9 Å². The standard InChI is InChI=1S/C30H39N5O2/c1-24(35(32-31-2)19-18-25-12-7-5-8-13-25)30(29-27(36-3)16-11-17-28(29)37-4)34-22-20-33(21-23-34)26-14-9-6-10-15-26/h5-17,30-32H,1,18-23H2,2-4H3. The molecular formula is C30H39N5O2. The zero-order valence-corrected chi connectivity index (χ0v) is 22.2. The smallest absolute Gasteiger partial charge is 0.127 e. The summed E-state index contributed by atoms with van der Waals surface area (Å²) in [5, 5.41) is 2.10. The van der Waals surface area contributed by atoms with Crippen molar-refractivity contribution in [3.05, 3.63) is 102 Å². The lowest BCUT2D eigenvalue weighted by Gasteiger charge is -2.43. The number of piperazine rings is 1. The number of hydrazine groups is 2. The van der Waals surface area contributed by atoms with Crippen molar-refractivity contribution in [1.29, 1.82) is 0 Å². The molecule has 4 rings (SSSR count). The summed E-state index contributed by atoms with van der Waals surface area (Å²) < 4.78 is 11.7. The lowest BCUT2D eigenvalue weighted by Crippen LogP contribution is -2.52. The van der Waals surface area contributed by atoms with Crippen LogP contribution in [0.5, 0.6) is 11.5 Å². The summed E-state index contributed by atoms with van der Waals surface area (Å²) in [5.74, 6) is 1.59. The molecule has 1 heterocycles. The second-order valence-electron chi connectivity index (χ2n) is 9.08. The average Bonchev–Trinajstić information content (AvgIpc) is 2.96. The van der Waals surface area contributed by atoms with Crippen molar-refractivity contribution in [2.75, 3.05) is 58.9 Å². The Morgan fingerprint density at radius 1 is 0.865 bits per heavy atom. The Morgan fingerprint density at radius 3 is 2.03 bits per heavy atom. The third-order valence-electron chi connectivity index (χ3n) is 6.92. The lowest BCUT2D eigenvalue weighted by molar-refractivity contribution is 0.133. The molecule has 1 saturated heterocycles. The fraction of sp³-hybridized carbons (Fsp3) is 0.333. The second-order valence-corrected chi connectivity index (χ2v) is 9.08. The zero-order valence-electron chi connectivity index (χ0n) is 22.2. The molecule has 2 N–H and O–H groups in total. The largest absolute Gasteiger partial charge is 0.496 e. The van der Waals surface area contributed by atoms with Gasteiger partial charge in [0, 0.05) is 51.2 Å². The van der Waals surface area contributed by atoms with Crippen LogP contribution >= 0.6 is 0 Å². The minimum absolute atomic E-state index is 0.138. The van der Waals surface area contributed by atoms with Crippen molar-refractivity contribution in [3.63, 3.8) is 0 Å². The van der Waals surface area contributed by atoms with Crippen LogP contribution in [0, 0.1) is 0 Å². The van der Waals surface area contributed by atoms with Crippen LogP contribution in [0.4, 0.5) is 5.69 Å². The molecule has 0 saturated carbocycles. The number of nitrogens with one attached hydrogen (secondary N) is 2. The highest BCUT2D eigenvalue weighted by Crippen LogP contribution is 2.41. The van der Waals surface area contributed by atoms with Gasteiger partial charge in [-0.1, -0.05) is 61.2 Å². The van der Waals surface area contributed by atoms with E-state index in [9.17, 15) is 0 Å². The van der Waals surface area contributed by atoms with Gasteiger partial charge in [0.05, 0.1) is 25.8 Å². The SMILES string of the molecule is C=C(C(c1c(OC)cccc1OC)N1CCN(c2ccccc2)CC1)N(CCc1ccccc1)NNC. The number of nitrogens with zero attached hydrogens (tertiary/aromatic N) is 3. The van der Waals surface area contributed by atoms with Gasteiger partial charge < -0.3 is 14.4 Å². The fourth-order valence-corrected chi connectivity index (χ4v) is 5.03. The first-order valence-electron chi connectivity index (χ1n) is 12.8. The Balaban J connectivity index is 1.63. The minimum atomic E-state index is -0.138. The number of ether oxygens (including phenoxy) is 2. The summed E-state index contributed by atoms with van der Waals surface area (Å²) in [6.07, 6.45) is 0.881. The average molecular weight is 502 g/mol.